The number of aromatic hydroxyl groups is 1. The quantitative estimate of drug-likeness (QED) is 0.628. The first-order chi connectivity index (χ1) is 7.28. The molecule has 86 valence electrons. The molecule has 1 aliphatic rings. The number of rotatable bonds is 0. The summed E-state index contributed by atoms with van der Waals surface area (Å²) in [5.74, 6) is -2.40. The molecule has 0 bridgehead atoms. The molecule has 1 unspecified atom stereocenters. The maximum atomic E-state index is 12.6. The van der Waals surface area contributed by atoms with Gasteiger partial charge in [0, 0.05) is 0 Å². The van der Waals surface area contributed by atoms with Crippen LogP contribution in [-0.4, -0.2) is 22.3 Å². The summed E-state index contributed by atoms with van der Waals surface area (Å²) >= 11 is 0. The van der Waals surface area contributed by atoms with Gasteiger partial charge in [0.15, 0.2) is 0 Å². The molecule has 1 aromatic rings. The van der Waals surface area contributed by atoms with Gasteiger partial charge in [-0.15, -0.1) is 0 Å². The Labute approximate surface area is 87.3 Å². The van der Waals surface area contributed by atoms with E-state index < -0.39 is 29.0 Å². The van der Waals surface area contributed by atoms with Gasteiger partial charge in [0.25, 0.3) is 11.5 Å². The zero-order valence-corrected chi connectivity index (χ0v) is 7.67. The number of nitrogens with one attached hydrogen (secondary N) is 1. The van der Waals surface area contributed by atoms with Crippen LogP contribution in [0.3, 0.4) is 0 Å². The monoisotopic (exact) mass is 233 g/mol. The Morgan fingerprint density at radius 3 is 2.50 bits per heavy atom. The van der Waals surface area contributed by atoms with Gasteiger partial charge in [0.2, 0.25) is 0 Å². The van der Waals surface area contributed by atoms with Crippen molar-refractivity contribution in [2.75, 3.05) is 5.32 Å². The number of fused-ring (bicyclic) bond motifs is 1. The molecule has 1 aromatic carbocycles. The van der Waals surface area contributed by atoms with Crippen molar-refractivity contribution in [3.05, 3.63) is 23.8 Å². The van der Waals surface area contributed by atoms with Gasteiger partial charge in [0.05, 0.1) is 11.3 Å². The van der Waals surface area contributed by atoms with Gasteiger partial charge in [-0.1, -0.05) is 6.07 Å². The van der Waals surface area contributed by atoms with E-state index >= 15 is 0 Å². The first-order valence-electron chi connectivity index (χ1n) is 4.21. The second-order valence-corrected chi connectivity index (χ2v) is 3.36. The second kappa shape index (κ2) is 2.88. The minimum absolute atomic E-state index is 0.246. The van der Waals surface area contributed by atoms with Gasteiger partial charge in [-0.25, -0.2) is 0 Å². The summed E-state index contributed by atoms with van der Waals surface area (Å²) in [6, 6.07) is 3.39. The second-order valence-electron chi connectivity index (χ2n) is 3.36. The van der Waals surface area contributed by atoms with Crippen LogP contribution in [0.15, 0.2) is 18.2 Å². The number of hydrogen-bond acceptors (Lipinski definition) is 3. The summed E-state index contributed by atoms with van der Waals surface area (Å²) in [7, 11) is 0. The number of amides is 1. The van der Waals surface area contributed by atoms with Crippen molar-refractivity contribution < 1.29 is 28.2 Å². The van der Waals surface area contributed by atoms with Crippen molar-refractivity contribution in [1.82, 2.24) is 0 Å². The highest BCUT2D eigenvalue weighted by Crippen LogP contribution is 2.49. The van der Waals surface area contributed by atoms with Crippen molar-refractivity contribution >= 4 is 11.6 Å². The van der Waals surface area contributed by atoms with E-state index in [9.17, 15) is 28.2 Å². The third-order valence-electron chi connectivity index (χ3n) is 2.39. The van der Waals surface area contributed by atoms with E-state index in [4.69, 9.17) is 0 Å². The fourth-order valence-electron chi connectivity index (χ4n) is 1.62. The highest BCUT2D eigenvalue weighted by atomic mass is 19.4. The number of phenols is 1. The normalized spacial score (nSPS) is 24.1. The summed E-state index contributed by atoms with van der Waals surface area (Å²) in [6.45, 7) is 0. The molecule has 1 atom stereocenters. The molecule has 0 aliphatic carbocycles. The Morgan fingerprint density at radius 2 is 1.94 bits per heavy atom. The predicted octanol–water partition coefficient (Wildman–Crippen LogP) is 1.09. The SMILES string of the molecule is O=C1Nc2cccc(O)c2C1(O)C(F)(F)F. The smallest absolute Gasteiger partial charge is 0.430 e. The van der Waals surface area contributed by atoms with Gasteiger partial charge in [-0.3, -0.25) is 4.79 Å². The van der Waals surface area contributed by atoms with Crippen molar-refractivity contribution in [2.45, 2.75) is 11.8 Å². The van der Waals surface area contributed by atoms with Crippen LogP contribution < -0.4 is 5.32 Å². The molecule has 0 radical (unpaired) electrons. The Morgan fingerprint density at radius 1 is 1.31 bits per heavy atom. The van der Waals surface area contributed by atoms with E-state index in [2.05, 4.69) is 0 Å². The highest BCUT2D eigenvalue weighted by molar-refractivity contribution is 6.06. The van der Waals surface area contributed by atoms with Gasteiger partial charge < -0.3 is 15.5 Å². The van der Waals surface area contributed by atoms with E-state index in [1.54, 1.807) is 0 Å². The molecule has 0 fully saturated rings. The molecule has 1 amide bonds. The number of carbonyl (C=O) groups is 1. The van der Waals surface area contributed by atoms with Crippen LogP contribution in [0.5, 0.6) is 5.75 Å². The molecular formula is C9H6F3NO3. The molecule has 16 heavy (non-hydrogen) atoms. The van der Waals surface area contributed by atoms with Crippen molar-refractivity contribution in [1.29, 1.82) is 0 Å². The number of carbonyl (C=O) groups excluding carboxylic acids is 1. The molecule has 4 nitrogen and oxygen atoms in total. The lowest BCUT2D eigenvalue weighted by Crippen LogP contribution is -2.47. The van der Waals surface area contributed by atoms with E-state index in [1.165, 1.54) is 6.07 Å². The summed E-state index contributed by atoms with van der Waals surface area (Å²) in [5, 5.41) is 20.6. The van der Waals surface area contributed by atoms with E-state index in [0.717, 1.165) is 12.1 Å². The summed E-state index contributed by atoms with van der Waals surface area (Å²) in [6.07, 6.45) is -5.19. The molecule has 2 rings (SSSR count). The number of hydrogen-bond donors (Lipinski definition) is 3. The molecule has 1 aliphatic heterocycles. The Balaban J connectivity index is 2.73. The van der Waals surface area contributed by atoms with Crippen LogP contribution in [0.2, 0.25) is 0 Å². The average Bonchev–Trinajstić information content (AvgIpc) is 2.40. The molecule has 0 saturated carbocycles. The third kappa shape index (κ3) is 1.12. The van der Waals surface area contributed by atoms with Crippen molar-refractivity contribution in [2.24, 2.45) is 0 Å². The van der Waals surface area contributed by atoms with Gasteiger partial charge in [-0.05, 0) is 12.1 Å². The van der Waals surface area contributed by atoms with Crippen LogP contribution in [0.25, 0.3) is 0 Å². The van der Waals surface area contributed by atoms with Crippen LogP contribution in [-0.2, 0) is 10.4 Å². The molecule has 3 N–H and O–H groups in total. The van der Waals surface area contributed by atoms with E-state index in [0.29, 0.717) is 0 Å². The lowest BCUT2D eigenvalue weighted by Gasteiger charge is -2.24. The third-order valence-corrected chi connectivity index (χ3v) is 2.39. The standard InChI is InChI=1S/C9H6F3NO3/c10-9(11,12)8(16)6-4(13-7(8)15)2-1-3-5(6)14/h1-3,14,16H,(H,13,15). The lowest BCUT2D eigenvalue weighted by molar-refractivity contribution is -0.252. The lowest BCUT2D eigenvalue weighted by atomic mass is 9.94. The number of halogens is 3. The fraction of sp³-hybridized carbons (Fsp3) is 0.222. The Kier molecular flexibility index (Phi) is 1.94. The number of benzene rings is 1. The number of anilines is 1. The van der Waals surface area contributed by atoms with Gasteiger partial charge >= 0.3 is 6.18 Å². The maximum absolute atomic E-state index is 12.6. The minimum atomic E-state index is -5.19. The average molecular weight is 233 g/mol. The molecule has 0 saturated heterocycles. The first kappa shape index (κ1) is 10.7. The van der Waals surface area contributed by atoms with Gasteiger partial charge in [0.1, 0.15) is 5.75 Å². The Bertz CT molecular complexity index is 472. The number of phenolic OH excluding ortho intramolecular Hbond substituents is 1. The Hall–Kier alpha value is -1.76. The summed E-state index contributed by atoms with van der Waals surface area (Å²) < 4.78 is 37.9. The molecular weight excluding hydrogens is 227 g/mol. The predicted molar refractivity (Wildman–Crippen MR) is 46.7 cm³/mol. The van der Waals surface area contributed by atoms with Crippen LogP contribution >= 0.6 is 0 Å². The van der Waals surface area contributed by atoms with Crippen LogP contribution in [0.1, 0.15) is 5.56 Å². The zero-order chi connectivity index (χ0) is 12.1. The largest absolute Gasteiger partial charge is 0.507 e. The van der Waals surface area contributed by atoms with Gasteiger partial charge in [-0.2, -0.15) is 13.2 Å². The van der Waals surface area contributed by atoms with Crippen molar-refractivity contribution in [3.63, 3.8) is 0 Å². The first-order valence-corrected chi connectivity index (χ1v) is 4.21. The molecule has 1 heterocycles. The van der Waals surface area contributed by atoms with Crippen molar-refractivity contribution in [3.8, 4) is 5.75 Å². The van der Waals surface area contributed by atoms with Crippen LogP contribution in [0, 0.1) is 0 Å². The molecule has 7 heteroatoms. The number of alkyl halides is 3. The zero-order valence-electron chi connectivity index (χ0n) is 7.67. The highest BCUT2D eigenvalue weighted by Gasteiger charge is 2.65. The van der Waals surface area contributed by atoms with E-state index in [1.807, 2.05) is 5.32 Å². The van der Waals surface area contributed by atoms with E-state index in [-0.39, 0.29) is 5.69 Å². The molecule has 0 spiro atoms. The summed E-state index contributed by atoms with van der Waals surface area (Å²) in [5.41, 5.74) is -4.79. The fourth-order valence-corrected chi connectivity index (χ4v) is 1.62. The maximum Gasteiger partial charge on any atom is 0.430 e. The van der Waals surface area contributed by atoms with Crippen LogP contribution in [0.4, 0.5) is 18.9 Å². The summed E-state index contributed by atoms with van der Waals surface area (Å²) in [4.78, 5) is 11.2. The minimum Gasteiger partial charge on any atom is -0.507 e. The number of aliphatic hydroxyl groups is 1. The topological polar surface area (TPSA) is 69.6 Å². The molecule has 0 aromatic heterocycles.